The van der Waals surface area contributed by atoms with E-state index in [1.807, 2.05) is 54.7 Å². The second kappa shape index (κ2) is 7.13. The number of carbonyl (C=O) groups is 1. The highest BCUT2D eigenvalue weighted by Crippen LogP contribution is 2.43. The van der Waals surface area contributed by atoms with Crippen molar-refractivity contribution >= 4 is 16.8 Å². The van der Waals surface area contributed by atoms with Gasteiger partial charge >= 0.3 is 0 Å². The van der Waals surface area contributed by atoms with Crippen LogP contribution in [-0.2, 0) is 11.2 Å². The van der Waals surface area contributed by atoms with E-state index in [9.17, 15) is 4.79 Å². The van der Waals surface area contributed by atoms with Crippen LogP contribution < -0.4 is 10.1 Å². The normalized spacial score (nSPS) is 12.9. The van der Waals surface area contributed by atoms with Crippen molar-refractivity contribution in [3.8, 4) is 11.5 Å². The Hall–Kier alpha value is -3.53. The van der Waals surface area contributed by atoms with Crippen molar-refractivity contribution in [3.05, 3.63) is 95.2 Å². The van der Waals surface area contributed by atoms with Gasteiger partial charge in [0.15, 0.2) is 0 Å². The Morgan fingerprint density at radius 2 is 1.69 bits per heavy atom. The SMILES string of the molecule is Cc1ccc2[nH]cc(CCNC(=O)C3c4ccccc4Oc4ccccc43)c2c1. The van der Waals surface area contributed by atoms with Crippen LogP contribution in [-0.4, -0.2) is 17.4 Å². The van der Waals surface area contributed by atoms with E-state index in [-0.39, 0.29) is 11.8 Å². The second-order valence-corrected chi connectivity index (χ2v) is 7.51. The zero-order chi connectivity index (χ0) is 19.8. The molecule has 0 atom stereocenters. The van der Waals surface area contributed by atoms with E-state index in [1.165, 1.54) is 16.5 Å². The average Bonchev–Trinajstić information content (AvgIpc) is 3.14. The molecule has 0 bridgehead atoms. The van der Waals surface area contributed by atoms with Gasteiger partial charge in [-0.05, 0) is 43.2 Å². The quantitative estimate of drug-likeness (QED) is 0.518. The number of aromatic amines is 1. The largest absolute Gasteiger partial charge is 0.457 e. The Morgan fingerprint density at radius 3 is 2.41 bits per heavy atom. The summed E-state index contributed by atoms with van der Waals surface area (Å²) in [7, 11) is 0. The van der Waals surface area contributed by atoms with E-state index < -0.39 is 0 Å². The van der Waals surface area contributed by atoms with Gasteiger partial charge in [-0.3, -0.25) is 4.79 Å². The Balaban J connectivity index is 1.36. The summed E-state index contributed by atoms with van der Waals surface area (Å²) in [5, 5.41) is 4.37. The second-order valence-electron chi connectivity index (χ2n) is 7.51. The molecule has 2 heterocycles. The average molecular weight is 382 g/mol. The first-order valence-electron chi connectivity index (χ1n) is 9.91. The predicted octanol–water partition coefficient (Wildman–Crippen LogP) is 5.07. The van der Waals surface area contributed by atoms with Crippen LogP contribution in [0.15, 0.2) is 72.9 Å². The van der Waals surface area contributed by atoms with Gasteiger partial charge in [0.05, 0.1) is 5.92 Å². The molecular formula is C25H22N2O2. The van der Waals surface area contributed by atoms with E-state index in [0.717, 1.165) is 34.6 Å². The smallest absolute Gasteiger partial charge is 0.232 e. The number of para-hydroxylation sites is 2. The van der Waals surface area contributed by atoms with Crippen LogP contribution in [0.4, 0.5) is 0 Å². The number of hydrogen-bond acceptors (Lipinski definition) is 2. The molecule has 1 aromatic heterocycles. The van der Waals surface area contributed by atoms with Gasteiger partial charge in [0.2, 0.25) is 5.91 Å². The number of aromatic nitrogens is 1. The molecule has 4 nitrogen and oxygen atoms in total. The summed E-state index contributed by atoms with van der Waals surface area (Å²) < 4.78 is 6.00. The molecular weight excluding hydrogens is 360 g/mol. The molecule has 29 heavy (non-hydrogen) atoms. The monoisotopic (exact) mass is 382 g/mol. The number of ether oxygens (including phenoxy) is 1. The predicted molar refractivity (Wildman–Crippen MR) is 115 cm³/mol. The number of fused-ring (bicyclic) bond motifs is 3. The van der Waals surface area contributed by atoms with Crippen molar-refractivity contribution in [2.45, 2.75) is 19.3 Å². The summed E-state index contributed by atoms with van der Waals surface area (Å²) in [5.74, 6) is 1.14. The molecule has 0 saturated heterocycles. The molecule has 0 aliphatic carbocycles. The number of rotatable bonds is 4. The van der Waals surface area contributed by atoms with Crippen molar-refractivity contribution in [1.82, 2.24) is 10.3 Å². The minimum Gasteiger partial charge on any atom is -0.457 e. The number of nitrogens with one attached hydrogen (secondary N) is 2. The summed E-state index contributed by atoms with van der Waals surface area (Å²) in [6.07, 6.45) is 2.82. The lowest BCUT2D eigenvalue weighted by Crippen LogP contribution is -2.33. The zero-order valence-electron chi connectivity index (χ0n) is 16.2. The Kier molecular flexibility index (Phi) is 4.32. The van der Waals surface area contributed by atoms with Crippen molar-refractivity contribution in [2.24, 2.45) is 0 Å². The standard InChI is InChI=1S/C25H22N2O2/c1-16-10-11-21-20(14-16)17(15-27-21)12-13-26-25(28)24-18-6-2-4-8-22(18)29-23-9-5-3-7-19(23)24/h2-11,14-15,24,27H,12-13H2,1H3,(H,26,28). The van der Waals surface area contributed by atoms with Crippen LogP contribution in [0.5, 0.6) is 11.5 Å². The zero-order valence-corrected chi connectivity index (χ0v) is 16.2. The topological polar surface area (TPSA) is 54.1 Å². The van der Waals surface area contributed by atoms with E-state index in [4.69, 9.17) is 4.74 Å². The van der Waals surface area contributed by atoms with E-state index in [0.29, 0.717) is 6.54 Å². The third-order valence-corrected chi connectivity index (χ3v) is 5.56. The van der Waals surface area contributed by atoms with Crippen LogP contribution in [0.25, 0.3) is 10.9 Å². The summed E-state index contributed by atoms with van der Waals surface area (Å²) >= 11 is 0. The number of benzene rings is 3. The number of H-pyrrole nitrogens is 1. The molecule has 2 N–H and O–H groups in total. The van der Waals surface area contributed by atoms with E-state index in [1.54, 1.807) is 0 Å². The molecule has 0 unspecified atom stereocenters. The van der Waals surface area contributed by atoms with Crippen molar-refractivity contribution in [2.75, 3.05) is 6.54 Å². The molecule has 0 radical (unpaired) electrons. The molecule has 4 heteroatoms. The van der Waals surface area contributed by atoms with Gasteiger partial charge in [-0.25, -0.2) is 0 Å². The van der Waals surface area contributed by atoms with Crippen LogP contribution in [0.2, 0.25) is 0 Å². The molecule has 4 aromatic rings. The summed E-state index contributed by atoms with van der Waals surface area (Å²) in [5.41, 5.74) is 5.40. The first-order valence-corrected chi connectivity index (χ1v) is 9.91. The van der Waals surface area contributed by atoms with Crippen molar-refractivity contribution in [3.63, 3.8) is 0 Å². The molecule has 0 saturated carbocycles. The summed E-state index contributed by atoms with van der Waals surface area (Å²) in [4.78, 5) is 16.5. The molecule has 1 aliphatic rings. The molecule has 144 valence electrons. The van der Waals surface area contributed by atoms with Crippen LogP contribution in [0, 0.1) is 6.92 Å². The third-order valence-electron chi connectivity index (χ3n) is 5.56. The Bertz CT molecular complexity index is 1160. The number of carbonyl (C=O) groups excluding carboxylic acids is 1. The lowest BCUT2D eigenvalue weighted by atomic mass is 9.87. The Morgan fingerprint density at radius 1 is 1.00 bits per heavy atom. The minimum absolute atomic E-state index is 0.00391. The maximum absolute atomic E-state index is 13.2. The Labute approximate surface area is 169 Å². The summed E-state index contributed by atoms with van der Waals surface area (Å²) in [6.45, 7) is 2.68. The summed E-state index contributed by atoms with van der Waals surface area (Å²) in [6, 6.07) is 21.9. The first kappa shape index (κ1) is 17.6. The van der Waals surface area contributed by atoms with Gasteiger partial charge in [0.1, 0.15) is 11.5 Å². The highest BCUT2D eigenvalue weighted by atomic mass is 16.5. The fourth-order valence-electron chi connectivity index (χ4n) is 4.11. The molecule has 1 aliphatic heterocycles. The first-order chi connectivity index (χ1) is 14.2. The number of hydrogen-bond donors (Lipinski definition) is 2. The molecule has 5 rings (SSSR count). The van der Waals surface area contributed by atoms with Gasteiger partial charge < -0.3 is 15.0 Å². The maximum atomic E-state index is 13.2. The van der Waals surface area contributed by atoms with Crippen LogP contribution >= 0.6 is 0 Å². The van der Waals surface area contributed by atoms with Crippen molar-refractivity contribution in [1.29, 1.82) is 0 Å². The highest BCUT2D eigenvalue weighted by Gasteiger charge is 2.32. The minimum atomic E-state index is -0.360. The lowest BCUT2D eigenvalue weighted by molar-refractivity contribution is -0.121. The fraction of sp³-hybridized carbons (Fsp3) is 0.160. The highest BCUT2D eigenvalue weighted by molar-refractivity contribution is 5.90. The van der Waals surface area contributed by atoms with E-state index >= 15 is 0 Å². The number of amides is 1. The molecule has 3 aromatic carbocycles. The number of aryl methyl sites for hydroxylation is 1. The van der Waals surface area contributed by atoms with Crippen LogP contribution in [0.1, 0.15) is 28.2 Å². The molecule has 1 amide bonds. The van der Waals surface area contributed by atoms with Gasteiger partial charge in [-0.15, -0.1) is 0 Å². The fourth-order valence-corrected chi connectivity index (χ4v) is 4.11. The molecule has 0 fully saturated rings. The van der Waals surface area contributed by atoms with Gasteiger partial charge in [0, 0.05) is 34.8 Å². The van der Waals surface area contributed by atoms with Crippen molar-refractivity contribution < 1.29 is 9.53 Å². The molecule has 0 spiro atoms. The maximum Gasteiger partial charge on any atom is 0.232 e. The van der Waals surface area contributed by atoms with Crippen LogP contribution in [0.3, 0.4) is 0 Å². The van der Waals surface area contributed by atoms with Gasteiger partial charge in [0.25, 0.3) is 0 Å². The van der Waals surface area contributed by atoms with Gasteiger partial charge in [-0.2, -0.15) is 0 Å². The third kappa shape index (κ3) is 3.17. The van der Waals surface area contributed by atoms with Gasteiger partial charge in [-0.1, -0.05) is 48.0 Å². The van der Waals surface area contributed by atoms with E-state index in [2.05, 4.69) is 35.4 Å². The lowest BCUT2D eigenvalue weighted by Gasteiger charge is -2.27.